The summed E-state index contributed by atoms with van der Waals surface area (Å²) >= 11 is 0. The van der Waals surface area contributed by atoms with Crippen molar-refractivity contribution < 1.29 is 16.8 Å². The lowest BCUT2D eigenvalue weighted by Gasteiger charge is -2.38. The van der Waals surface area contributed by atoms with Gasteiger partial charge in [0.1, 0.15) is 0 Å². The molecule has 2 aliphatic heterocycles. The zero-order chi connectivity index (χ0) is 18.0. The molecule has 0 aromatic heterocycles. The van der Waals surface area contributed by atoms with Crippen molar-refractivity contribution in [2.45, 2.75) is 19.4 Å². The Hall–Kier alpha value is -0.260. The molecule has 2 fully saturated rings. The largest absolute Gasteiger partial charge is 0.301 e. The average Bonchev–Trinajstić information content (AvgIpc) is 2.51. The molecule has 2 rings (SSSR count). The fourth-order valence-electron chi connectivity index (χ4n) is 3.31. The van der Waals surface area contributed by atoms with Crippen LogP contribution in [0, 0.1) is 0 Å². The van der Waals surface area contributed by atoms with Crippen molar-refractivity contribution in [3.8, 4) is 0 Å². The summed E-state index contributed by atoms with van der Waals surface area (Å²) in [5.41, 5.74) is 0. The van der Waals surface area contributed by atoms with Crippen molar-refractivity contribution in [1.82, 2.24) is 18.4 Å². The molecule has 24 heavy (non-hydrogen) atoms. The third kappa shape index (κ3) is 5.63. The lowest BCUT2D eigenvalue weighted by molar-refractivity contribution is 0.120. The van der Waals surface area contributed by atoms with Gasteiger partial charge in [-0.1, -0.05) is 0 Å². The molecule has 2 aliphatic rings. The Morgan fingerprint density at radius 3 is 1.58 bits per heavy atom. The van der Waals surface area contributed by atoms with E-state index in [0.717, 1.165) is 39.1 Å². The molecule has 8 nitrogen and oxygen atoms in total. The number of piperazine rings is 2. The molecule has 0 amide bonds. The van der Waals surface area contributed by atoms with Crippen LogP contribution in [0.2, 0.25) is 0 Å². The summed E-state index contributed by atoms with van der Waals surface area (Å²) in [5.74, 6) is 0. The molecule has 1 unspecified atom stereocenters. The van der Waals surface area contributed by atoms with Crippen molar-refractivity contribution in [3.63, 3.8) is 0 Å². The highest BCUT2D eigenvalue weighted by Gasteiger charge is 2.27. The van der Waals surface area contributed by atoms with E-state index in [4.69, 9.17) is 0 Å². The highest BCUT2D eigenvalue weighted by Crippen LogP contribution is 2.13. The molecule has 0 bridgehead atoms. The molecule has 1 atom stereocenters. The summed E-state index contributed by atoms with van der Waals surface area (Å²) in [5, 5.41) is 0. The van der Waals surface area contributed by atoms with Crippen LogP contribution in [0.5, 0.6) is 0 Å². The standard InChI is InChI=1S/C14H30N4O4S2/c1-14(16-8-12-18(13-9-16)24(3,21)22)4-5-15-6-10-17(11-7-15)23(2,19)20/h14H,4-13H2,1-3H3. The number of nitrogens with zero attached hydrogens (tertiary/aromatic N) is 4. The predicted molar refractivity (Wildman–Crippen MR) is 94.9 cm³/mol. The van der Waals surface area contributed by atoms with Gasteiger partial charge in [0.25, 0.3) is 0 Å². The normalized spacial score (nSPS) is 25.0. The Bertz CT molecular complexity index is 607. The minimum atomic E-state index is -3.08. The van der Waals surface area contributed by atoms with Crippen molar-refractivity contribution in [1.29, 1.82) is 0 Å². The maximum absolute atomic E-state index is 11.5. The van der Waals surface area contributed by atoms with Crippen LogP contribution in [0.15, 0.2) is 0 Å². The first kappa shape index (κ1) is 20.1. The molecular weight excluding hydrogens is 352 g/mol. The van der Waals surface area contributed by atoms with Crippen LogP contribution in [0.1, 0.15) is 13.3 Å². The molecule has 142 valence electrons. The van der Waals surface area contributed by atoms with Gasteiger partial charge in [-0.2, -0.15) is 8.61 Å². The summed E-state index contributed by atoms with van der Waals surface area (Å²) in [6.07, 6.45) is 3.54. The first-order valence-electron chi connectivity index (χ1n) is 8.44. The third-order valence-corrected chi connectivity index (χ3v) is 7.64. The number of hydrogen-bond donors (Lipinski definition) is 0. The summed E-state index contributed by atoms with van der Waals surface area (Å²) in [7, 11) is -6.15. The van der Waals surface area contributed by atoms with Crippen molar-refractivity contribution in [2.75, 3.05) is 71.4 Å². The Labute approximate surface area is 146 Å². The fraction of sp³-hybridized carbons (Fsp3) is 1.00. The van der Waals surface area contributed by atoms with Crippen LogP contribution >= 0.6 is 0 Å². The van der Waals surface area contributed by atoms with Crippen LogP contribution < -0.4 is 0 Å². The van der Waals surface area contributed by atoms with Gasteiger partial charge in [0.2, 0.25) is 20.0 Å². The smallest absolute Gasteiger partial charge is 0.211 e. The van der Waals surface area contributed by atoms with Crippen LogP contribution in [-0.2, 0) is 20.0 Å². The lowest BCUT2D eigenvalue weighted by Crippen LogP contribution is -2.52. The van der Waals surface area contributed by atoms with Gasteiger partial charge >= 0.3 is 0 Å². The summed E-state index contributed by atoms with van der Waals surface area (Å²) in [6, 6.07) is 0.402. The van der Waals surface area contributed by atoms with Crippen molar-refractivity contribution >= 4 is 20.0 Å². The van der Waals surface area contributed by atoms with E-state index in [1.54, 1.807) is 4.31 Å². The highest BCUT2D eigenvalue weighted by atomic mass is 32.2. The second kappa shape index (κ2) is 7.96. The van der Waals surface area contributed by atoms with Gasteiger partial charge in [-0.15, -0.1) is 0 Å². The second-order valence-corrected chi connectivity index (χ2v) is 10.8. The molecule has 2 saturated heterocycles. The molecule has 0 aromatic rings. The quantitative estimate of drug-likeness (QED) is 0.581. The van der Waals surface area contributed by atoms with E-state index >= 15 is 0 Å². The fourth-order valence-corrected chi connectivity index (χ4v) is 4.97. The molecule has 0 aromatic carbocycles. The second-order valence-electron chi connectivity index (χ2n) is 6.84. The summed E-state index contributed by atoms with van der Waals surface area (Å²) in [6.45, 7) is 8.51. The molecule has 2 heterocycles. The molecule has 0 N–H and O–H groups in total. The molecule has 0 spiro atoms. The zero-order valence-corrected chi connectivity index (χ0v) is 16.5. The van der Waals surface area contributed by atoms with Gasteiger partial charge in [0, 0.05) is 58.4 Å². The van der Waals surface area contributed by atoms with E-state index in [9.17, 15) is 16.8 Å². The van der Waals surface area contributed by atoms with Gasteiger partial charge in [0.05, 0.1) is 12.5 Å². The maximum atomic E-state index is 11.5. The van der Waals surface area contributed by atoms with Gasteiger partial charge in [-0.05, 0) is 19.9 Å². The zero-order valence-electron chi connectivity index (χ0n) is 14.9. The first-order chi connectivity index (χ1) is 11.1. The van der Waals surface area contributed by atoms with Crippen molar-refractivity contribution in [2.24, 2.45) is 0 Å². The Kier molecular flexibility index (Phi) is 6.65. The van der Waals surface area contributed by atoms with E-state index in [1.165, 1.54) is 16.8 Å². The maximum Gasteiger partial charge on any atom is 0.211 e. The molecule has 0 aliphatic carbocycles. The minimum Gasteiger partial charge on any atom is -0.301 e. The van der Waals surface area contributed by atoms with E-state index in [0.29, 0.717) is 32.2 Å². The number of rotatable bonds is 6. The molecular formula is C14H30N4O4S2. The summed E-state index contributed by atoms with van der Waals surface area (Å²) in [4.78, 5) is 4.65. The minimum absolute atomic E-state index is 0.402. The van der Waals surface area contributed by atoms with Crippen LogP contribution in [-0.4, -0.2) is 113 Å². The third-order valence-electron chi connectivity index (χ3n) is 5.03. The number of sulfonamides is 2. The van der Waals surface area contributed by atoms with Crippen LogP contribution in [0.3, 0.4) is 0 Å². The average molecular weight is 383 g/mol. The van der Waals surface area contributed by atoms with E-state index < -0.39 is 20.0 Å². The SMILES string of the molecule is CC(CCN1CCN(S(C)(=O)=O)CC1)N1CCN(S(C)(=O)=O)CC1. The van der Waals surface area contributed by atoms with Gasteiger partial charge in [-0.3, -0.25) is 4.90 Å². The Balaban J connectivity index is 1.70. The predicted octanol–water partition coefficient (Wildman–Crippen LogP) is -1.08. The van der Waals surface area contributed by atoms with E-state index in [1.807, 2.05) is 0 Å². The van der Waals surface area contributed by atoms with E-state index in [2.05, 4.69) is 16.7 Å². The van der Waals surface area contributed by atoms with Gasteiger partial charge < -0.3 is 4.90 Å². The first-order valence-corrected chi connectivity index (χ1v) is 12.1. The number of hydrogen-bond acceptors (Lipinski definition) is 6. The molecule has 0 saturated carbocycles. The molecule has 10 heteroatoms. The van der Waals surface area contributed by atoms with E-state index in [-0.39, 0.29) is 0 Å². The lowest BCUT2D eigenvalue weighted by atomic mass is 10.1. The Morgan fingerprint density at radius 1 is 0.750 bits per heavy atom. The summed E-state index contributed by atoms with van der Waals surface area (Å²) < 4.78 is 49.2. The topological polar surface area (TPSA) is 81.2 Å². The monoisotopic (exact) mass is 382 g/mol. The van der Waals surface area contributed by atoms with Crippen LogP contribution in [0.25, 0.3) is 0 Å². The van der Waals surface area contributed by atoms with Gasteiger partial charge in [-0.25, -0.2) is 16.8 Å². The van der Waals surface area contributed by atoms with Crippen LogP contribution in [0.4, 0.5) is 0 Å². The van der Waals surface area contributed by atoms with Gasteiger partial charge in [0.15, 0.2) is 0 Å². The van der Waals surface area contributed by atoms with Crippen molar-refractivity contribution in [3.05, 3.63) is 0 Å². The molecule has 0 radical (unpaired) electrons. The highest BCUT2D eigenvalue weighted by molar-refractivity contribution is 7.88. The Morgan fingerprint density at radius 2 is 1.17 bits per heavy atom.